The van der Waals surface area contributed by atoms with E-state index in [-0.39, 0.29) is 31.8 Å². The number of aliphatic imine (C=N–C) groups is 1. The molecule has 8 atom stereocenters. The van der Waals surface area contributed by atoms with Crippen LogP contribution in [0.25, 0.3) is 0 Å². The van der Waals surface area contributed by atoms with Gasteiger partial charge in [0.15, 0.2) is 5.96 Å². The number of amides is 9. The Morgan fingerprint density at radius 2 is 1.21 bits per heavy atom. The molecule has 0 aromatic heterocycles. The molecule has 68 heavy (non-hydrogen) atoms. The fourth-order valence-corrected chi connectivity index (χ4v) is 7.23. The standard InChI is InChI=1S/C45H67N13O10/c1-25(2)36(43(67)54-30(38(47)62)17-11-19-50-45(48)49)56-35(61)24-51-39(63)31(21-28-13-7-5-8-14-28)55-40(64)32(22-29-15-9-6-10-16-29)53-34(60)23-52-42(66)37(27(4)59)57-41(65)33-18-12-20-58(33)44(68)26(3)46/h5-10,13-16,25-27,30-33,36-37,59H,11-12,17-24,46H2,1-4H3,(H2,47,62)(H,51,63)(H,52,66)(H,53,60)(H,54,67)(H,55,64)(H,56,61)(H,57,65)(H4,48,49,50)/t26-,27+,30-,31-,32-,33-,36-,37-/m0/s1. The lowest BCUT2D eigenvalue weighted by molar-refractivity contribution is -0.141. The molecular formula is C45H67N13O10. The Morgan fingerprint density at radius 3 is 1.72 bits per heavy atom. The van der Waals surface area contributed by atoms with Crippen LogP contribution in [0.2, 0.25) is 0 Å². The van der Waals surface area contributed by atoms with Crippen LogP contribution in [-0.2, 0) is 56.0 Å². The largest absolute Gasteiger partial charge is 0.391 e. The maximum Gasteiger partial charge on any atom is 0.245 e. The van der Waals surface area contributed by atoms with E-state index in [4.69, 9.17) is 22.9 Å². The van der Waals surface area contributed by atoms with E-state index in [9.17, 15) is 48.3 Å². The number of aliphatic hydroxyl groups is 1. The Hall–Kier alpha value is -7.14. The molecule has 2 aromatic rings. The predicted octanol–water partition coefficient (Wildman–Crippen LogP) is -3.96. The molecule has 0 unspecified atom stereocenters. The lowest BCUT2D eigenvalue weighted by Gasteiger charge is -2.28. The number of hydrogen-bond donors (Lipinski definition) is 12. The molecule has 0 bridgehead atoms. The average molecular weight is 950 g/mol. The van der Waals surface area contributed by atoms with Gasteiger partial charge in [-0.1, -0.05) is 74.5 Å². The van der Waals surface area contributed by atoms with Gasteiger partial charge in [-0.25, -0.2) is 0 Å². The molecular weight excluding hydrogens is 883 g/mol. The van der Waals surface area contributed by atoms with E-state index in [0.717, 1.165) is 0 Å². The highest BCUT2D eigenvalue weighted by Crippen LogP contribution is 2.19. The summed E-state index contributed by atoms with van der Waals surface area (Å²) >= 11 is 0. The van der Waals surface area contributed by atoms with Gasteiger partial charge >= 0.3 is 0 Å². The number of guanidine groups is 1. The Kier molecular flexibility index (Phi) is 22.3. The van der Waals surface area contributed by atoms with Gasteiger partial charge < -0.3 is 70.2 Å². The Bertz CT molecular complexity index is 2080. The van der Waals surface area contributed by atoms with Crippen LogP contribution in [0.3, 0.4) is 0 Å². The fourth-order valence-electron chi connectivity index (χ4n) is 7.23. The zero-order valence-electron chi connectivity index (χ0n) is 38.9. The molecule has 1 heterocycles. The van der Waals surface area contributed by atoms with Crippen LogP contribution in [0.1, 0.15) is 64.5 Å². The number of rotatable bonds is 26. The van der Waals surface area contributed by atoms with Crippen molar-refractivity contribution in [3.63, 3.8) is 0 Å². The number of aliphatic hydroxyl groups excluding tert-OH is 1. The number of carbonyl (C=O) groups is 9. The monoisotopic (exact) mass is 950 g/mol. The predicted molar refractivity (Wildman–Crippen MR) is 250 cm³/mol. The topological polar surface area (TPSA) is 378 Å². The van der Waals surface area contributed by atoms with E-state index in [1.807, 2.05) is 0 Å². The van der Waals surface area contributed by atoms with Gasteiger partial charge in [-0.3, -0.25) is 48.1 Å². The van der Waals surface area contributed by atoms with Gasteiger partial charge in [0, 0.05) is 25.9 Å². The quantitative estimate of drug-likeness (QED) is 0.0244. The van der Waals surface area contributed by atoms with Gasteiger partial charge in [0.05, 0.1) is 25.2 Å². The molecule has 2 aromatic carbocycles. The van der Waals surface area contributed by atoms with Crippen LogP contribution in [0.5, 0.6) is 0 Å². The molecule has 1 saturated heterocycles. The lowest BCUT2D eigenvalue weighted by Crippen LogP contribution is -2.59. The molecule has 1 fully saturated rings. The van der Waals surface area contributed by atoms with Crippen molar-refractivity contribution in [3.8, 4) is 0 Å². The van der Waals surface area contributed by atoms with Gasteiger partial charge in [-0.05, 0) is 56.6 Å². The van der Waals surface area contributed by atoms with Crippen molar-refractivity contribution in [2.24, 2.45) is 33.8 Å². The van der Waals surface area contributed by atoms with Crippen LogP contribution in [-0.4, -0.2) is 144 Å². The van der Waals surface area contributed by atoms with Crippen molar-refractivity contribution in [1.29, 1.82) is 0 Å². The summed E-state index contributed by atoms with van der Waals surface area (Å²) in [6, 6.07) is 9.25. The lowest BCUT2D eigenvalue weighted by atomic mass is 10.0. The fraction of sp³-hybridized carbons (Fsp3) is 0.511. The molecule has 0 spiro atoms. The number of hydrogen-bond acceptors (Lipinski definition) is 12. The highest BCUT2D eigenvalue weighted by atomic mass is 16.3. The third-order valence-electron chi connectivity index (χ3n) is 10.9. The second kappa shape index (κ2) is 27.5. The number of carbonyl (C=O) groups excluding carboxylic acids is 9. The summed E-state index contributed by atoms with van der Waals surface area (Å²) in [5.74, 6) is -7.27. The molecule has 9 amide bonds. The summed E-state index contributed by atoms with van der Waals surface area (Å²) < 4.78 is 0. The van der Waals surface area contributed by atoms with Crippen LogP contribution < -0.4 is 60.2 Å². The molecule has 23 heteroatoms. The first-order valence-corrected chi connectivity index (χ1v) is 22.4. The third-order valence-corrected chi connectivity index (χ3v) is 10.9. The van der Waals surface area contributed by atoms with Gasteiger partial charge in [0.25, 0.3) is 0 Å². The summed E-state index contributed by atoms with van der Waals surface area (Å²) in [6.07, 6.45) is -0.202. The molecule has 0 aliphatic carbocycles. The molecule has 1 aliphatic heterocycles. The number of nitrogens with two attached hydrogens (primary N) is 4. The first-order valence-electron chi connectivity index (χ1n) is 22.4. The van der Waals surface area contributed by atoms with Crippen LogP contribution in [0, 0.1) is 5.92 Å². The Morgan fingerprint density at radius 1 is 0.676 bits per heavy atom. The second-order valence-corrected chi connectivity index (χ2v) is 16.9. The van der Waals surface area contributed by atoms with Crippen LogP contribution in [0.4, 0.5) is 0 Å². The van der Waals surface area contributed by atoms with Crippen molar-refractivity contribution in [2.45, 2.75) is 115 Å². The number of primary amides is 1. The first-order chi connectivity index (χ1) is 32.2. The molecule has 0 saturated carbocycles. The Balaban J connectivity index is 1.72. The van der Waals surface area contributed by atoms with E-state index in [0.29, 0.717) is 36.9 Å². The van der Waals surface area contributed by atoms with Crippen molar-refractivity contribution in [2.75, 3.05) is 26.2 Å². The van der Waals surface area contributed by atoms with E-state index >= 15 is 0 Å². The maximum atomic E-state index is 14.1. The smallest absolute Gasteiger partial charge is 0.245 e. The minimum Gasteiger partial charge on any atom is -0.391 e. The van der Waals surface area contributed by atoms with Crippen molar-refractivity contribution < 1.29 is 48.3 Å². The maximum absolute atomic E-state index is 14.1. The summed E-state index contributed by atoms with van der Waals surface area (Å²) in [5.41, 5.74) is 23.2. The summed E-state index contributed by atoms with van der Waals surface area (Å²) in [5, 5.41) is 28.2. The summed E-state index contributed by atoms with van der Waals surface area (Å²) in [7, 11) is 0. The van der Waals surface area contributed by atoms with E-state index < -0.39 is 121 Å². The van der Waals surface area contributed by atoms with Gasteiger partial charge in [-0.2, -0.15) is 0 Å². The van der Waals surface area contributed by atoms with Crippen molar-refractivity contribution in [1.82, 2.24) is 42.1 Å². The third kappa shape index (κ3) is 18.3. The molecule has 1 aliphatic rings. The number of nitrogens with zero attached hydrogens (tertiary/aromatic N) is 2. The number of benzene rings is 2. The van der Waals surface area contributed by atoms with Crippen molar-refractivity contribution >= 4 is 59.1 Å². The average Bonchev–Trinajstić information content (AvgIpc) is 3.79. The minimum atomic E-state index is -1.51. The Labute approximate surface area is 395 Å². The molecule has 372 valence electrons. The summed E-state index contributed by atoms with van der Waals surface area (Å²) in [4.78, 5) is 124. The molecule has 0 radical (unpaired) electrons. The normalized spacial score (nSPS) is 16.3. The minimum absolute atomic E-state index is 0.0404. The molecule has 23 nitrogen and oxygen atoms in total. The zero-order valence-corrected chi connectivity index (χ0v) is 38.9. The number of likely N-dealkylation sites (tertiary alicyclic amines) is 1. The highest BCUT2D eigenvalue weighted by molar-refractivity contribution is 5.97. The highest BCUT2D eigenvalue weighted by Gasteiger charge is 2.38. The molecule has 16 N–H and O–H groups in total. The first kappa shape index (κ1) is 55.2. The SMILES string of the molecule is CC(C)[C@H](NC(=O)CNC(=O)[C@H](Cc1ccccc1)NC(=O)[C@H](Cc1ccccc1)NC(=O)CNC(=O)[C@@H](NC(=O)[C@@H]1CCCN1C(=O)[C@H](C)N)[C@@H](C)O)C(=O)N[C@@H](CCCN=C(N)N)C(N)=O. The van der Waals surface area contributed by atoms with E-state index in [2.05, 4.69) is 42.2 Å². The van der Waals surface area contributed by atoms with E-state index in [1.165, 1.54) is 18.7 Å². The van der Waals surface area contributed by atoms with Crippen LogP contribution >= 0.6 is 0 Å². The van der Waals surface area contributed by atoms with Gasteiger partial charge in [-0.15, -0.1) is 0 Å². The zero-order chi connectivity index (χ0) is 50.5. The molecule has 3 rings (SSSR count). The van der Waals surface area contributed by atoms with Crippen molar-refractivity contribution in [3.05, 3.63) is 71.8 Å². The van der Waals surface area contributed by atoms with Gasteiger partial charge in [0.2, 0.25) is 53.2 Å². The van der Waals surface area contributed by atoms with Gasteiger partial charge in [0.1, 0.15) is 36.3 Å². The van der Waals surface area contributed by atoms with E-state index in [1.54, 1.807) is 74.5 Å². The van der Waals surface area contributed by atoms with Crippen LogP contribution in [0.15, 0.2) is 65.7 Å². The number of nitrogens with one attached hydrogen (secondary N) is 7. The second-order valence-electron chi connectivity index (χ2n) is 16.9. The summed E-state index contributed by atoms with van der Waals surface area (Å²) in [6.45, 7) is 5.28.